The molecule has 1 aromatic rings. The first-order chi connectivity index (χ1) is 8.16. The van der Waals surface area contributed by atoms with Crippen LogP contribution in [0, 0.1) is 17.6 Å². The molecule has 3 heteroatoms. The highest BCUT2D eigenvalue weighted by molar-refractivity contribution is 5.20. The number of benzene rings is 1. The van der Waals surface area contributed by atoms with E-state index in [4.69, 9.17) is 0 Å². The van der Waals surface area contributed by atoms with Gasteiger partial charge in [-0.15, -0.1) is 0 Å². The van der Waals surface area contributed by atoms with Gasteiger partial charge in [0, 0.05) is 6.07 Å². The van der Waals surface area contributed by atoms with E-state index in [1.807, 2.05) is 0 Å². The molecule has 0 saturated heterocycles. The summed E-state index contributed by atoms with van der Waals surface area (Å²) in [5, 5.41) is 10.2. The van der Waals surface area contributed by atoms with E-state index in [1.165, 1.54) is 25.0 Å². The molecule has 1 saturated carbocycles. The fourth-order valence-corrected chi connectivity index (χ4v) is 2.64. The van der Waals surface area contributed by atoms with E-state index >= 15 is 0 Å². The van der Waals surface area contributed by atoms with Crippen molar-refractivity contribution < 1.29 is 13.9 Å². The standard InChI is InChI=1S/C14H18F2O/c15-12-7-11(8-13(16)9-12)14(17)10-5-3-1-2-4-6-10/h7-10,14,17H,1-6H2/t14-/m0/s1. The largest absolute Gasteiger partial charge is 0.388 e. The molecule has 2 rings (SSSR count). The van der Waals surface area contributed by atoms with Crippen LogP contribution in [0.1, 0.15) is 50.2 Å². The van der Waals surface area contributed by atoms with Crippen LogP contribution in [0.2, 0.25) is 0 Å². The van der Waals surface area contributed by atoms with Gasteiger partial charge in [0.05, 0.1) is 6.10 Å². The molecule has 0 radical (unpaired) electrons. The van der Waals surface area contributed by atoms with Gasteiger partial charge in [0.25, 0.3) is 0 Å². The highest BCUT2D eigenvalue weighted by Crippen LogP contribution is 2.33. The van der Waals surface area contributed by atoms with Crippen molar-refractivity contribution in [3.63, 3.8) is 0 Å². The quantitative estimate of drug-likeness (QED) is 0.775. The SMILES string of the molecule is O[C@H](c1cc(F)cc(F)c1)C1CCCCCC1. The third kappa shape index (κ3) is 3.25. The van der Waals surface area contributed by atoms with Crippen molar-refractivity contribution in [2.45, 2.75) is 44.6 Å². The lowest BCUT2D eigenvalue weighted by Gasteiger charge is -2.21. The summed E-state index contributed by atoms with van der Waals surface area (Å²) in [6.07, 6.45) is 5.73. The van der Waals surface area contributed by atoms with Gasteiger partial charge in [-0.2, -0.15) is 0 Å². The van der Waals surface area contributed by atoms with Crippen molar-refractivity contribution >= 4 is 0 Å². The van der Waals surface area contributed by atoms with E-state index in [-0.39, 0.29) is 5.92 Å². The molecule has 0 heterocycles. The minimum Gasteiger partial charge on any atom is -0.388 e. The van der Waals surface area contributed by atoms with Gasteiger partial charge >= 0.3 is 0 Å². The van der Waals surface area contributed by atoms with Crippen molar-refractivity contribution in [2.75, 3.05) is 0 Å². The average molecular weight is 240 g/mol. The maximum Gasteiger partial charge on any atom is 0.126 e. The zero-order chi connectivity index (χ0) is 12.3. The van der Waals surface area contributed by atoms with Crippen LogP contribution in [0.15, 0.2) is 18.2 Å². The molecule has 0 aliphatic heterocycles. The van der Waals surface area contributed by atoms with Gasteiger partial charge in [0.15, 0.2) is 0 Å². The topological polar surface area (TPSA) is 20.2 Å². The first-order valence-electron chi connectivity index (χ1n) is 6.31. The summed E-state index contributed by atoms with van der Waals surface area (Å²) in [6, 6.07) is 3.31. The second-order valence-electron chi connectivity index (χ2n) is 4.90. The molecule has 1 nitrogen and oxygen atoms in total. The number of hydrogen-bond donors (Lipinski definition) is 1. The van der Waals surface area contributed by atoms with Crippen LogP contribution in [0.25, 0.3) is 0 Å². The van der Waals surface area contributed by atoms with Crippen molar-refractivity contribution in [3.8, 4) is 0 Å². The predicted molar refractivity (Wildman–Crippen MR) is 62.5 cm³/mol. The van der Waals surface area contributed by atoms with E-state index in [0.717, 1.165) is 31.7 Å². The van der Waals surface area contributed by atoms with Crippen molar-refractivity contribution in [2.24, 2.45) is 5.92 Å². The molecule has 94 valence electrons. The van der Waals surface area contributed by atoms with Crippen LogP contribution in [0.4, 0.5) is 8.78 Å². The summed E-state index contributed by atoms with van der Waals surface area (Å²) in [5.41, 5.74) is 0.370. The molecule has 0 bridgehead atoms. The summed E-state index contributed by atoms with van der Waals surface area (Å²) < 4.78 is 26.2. The Morgan fingerprint density at radius 3 is 2.00 bits per heavy atom. The van der Waals surface area contributed by atoms with Gasteiger partial charge in [-0.05, 0) is 36.5 Å². The van der Waals surface area contributed by atoms with Gasteiger partial charge in [-0.25, -0.2) is 8.78 Å². The lowest BCUT2D eigenvalue weighted by atomic mass is 9.89. The highest BCUT2D eigenvalue weighted by atomic mass is 19.1. The molecule has 1 atom stereocenters. The monoisotopic (exact) mass is 240 g/mol. The molecule has 1 aromatic carbocycles. The first-order valence-corrected chi connectivity index (χ1v) is 6.31. The normalized spacial score (nSPS) is 19.9. The lowest BCUT2D eigenvalue weighted by molar-refractivity contribution is 0.0981. The van der Waals surface area contributed by atoms with Gasteiger partial charge < -0.3 is 5.11 Å². The predicted octanol–water partition coefficient (Wildman–Crippen LogP) is 3.97. The van der Waals surface area contributed by atoms with Crippen LogP contribution >= 0.6 is 0 Å². The molecule has 1 aliphatic carbocycles. The molecule has 0 aromatic heterocycles. The first kappa shape index (κ1) is 12.5. The summed E-state index contributed by atoms with van der Waals surface area (Å²) in [7, 11) is 0. The minimum absolute atomic E-state index is 0.138. The minimum atomic E-state index is -0.738. The van der Waals surface area contributed by atoms with E-state index < -0.39 is 17.7 Å². The Morgan fingerprint density at radius 2 is 1.47 bits per heavy atom. The number of hydrogen-bond acceptors (Lipinski definition) is 1. The van der Waals surface area contributed by atoms with Gasteiger partial charge in [-0.1, -0.05) is 25.7 Å². The second kappa shape index (κ2) is 5.58. The van der Waals surface area contributed by atoms with E-state index in [1.54, 1.807) is 0 Å². The third-order valence-corrected chi connectivity index (χ3v) is 3.57. The molecule has 0 unspecified atom stereocenters. The smallest absolute Gasteiger partial charge is 0.126 e. The van der Waals surface area contributed by atoms with Crippen LogP contribution in [-0.2, 0) is 0 Å². The van der Waals surface area contributed by atoms with Crippen molar-refractivity contribution in [1.29, 1.82) is 0 Å². The Bertz CT molecular complexity index is 350. The fraction of sp³-hybridized carbons (Fsp3) is 0.571. The third-order valence-electron chi connectivity index (χ3n) is 3.57. The summed E-state index contributed by atoms with van der Waals surface area (Å²) in [6.45, 7) is 0. The number of aliphatic hydroxyl groups excluding tert-OH is 1. The molecule has 0 spiro atoms. The summed E-state index contributed by atoms with van der Waals surface area (Å²) in [4.78, 5) is 0. The van der Waals surface area contributed by atoms with Crippen molar-refractivity contribution in [1.82, 2.24) is 0 Å². The average Bonchev–Trinajstić information content (AvgIpc) is 2.55. The van der Waals surface area contributed by atoms with Crippen LogP contribution in [0.5, 0.6) is 0 Å². The van der Waals surface area contributed by atoms with E-state index in [0.29, 0.717) is 5.56 Å². The van der Waals surface area contributed by atoms with Gasteiger partial charge in [-0.3, -0.25) is 0 Å². The number of rotatable bonds is 2. The Hall–Kier alpha value is -0.960. The van der Waals surface area contributed by atoms with E-state index in [2.05, 4.69) is 0 Å². The van der Waals surface area contributed by atoms with Gasteiger partial charge in [0.2, 0.25) is 0 Å². The summed E-state index contributed by atoms with van der Waals surface area (Å²) >= 11 is 0. The zero-order valence-electron chi connectivity index (χ0n) is 9.83. The van der Waals surface area contributed by atoms with Crippen molar-refractivity contribution in [3.05, 3.63) is 35.4 Å². The Morgan fingerprint density at radius 1 is 0.941 bits per heavy atom. The van der Waals surface area contributed by atoms with Crippen LogP contribution in [-0.4, -0.2) is 5.11 Å². The molecular weight excluding hydrogens is 222 g/mol. The maximum atomic E-state index is 13.1. The van der Waals surface area contributed by atoms with Crippen LogP contribution in [0.3, 0.4) is 0 Å². The zero-order valence-corrected chi connectivity index (χ0v) is 9.83. The molecule has 0 amide bonds. The van der Waals surface area contributed by atoms with Gasteiger partial charge in [0.1, 0.15) is 11.6 Å². The molecule has 17 heavy (non-hydrogen) atoms. The lowest BCUT2D eigenvalue weighted by Crippen LogP contribution is -2.12. The number of aliphatic hydroxyl groups is 1. The van der Waals surface area contributed by atoms with Crippen LogP contribution < -0.4 is 0 Å². The Balaban J connectivity index is 2.14. The Labute approximate surface area is 100 Å². The van der Waals surface area contributed by atoms with E-state index in [9.17, 15) is 13.9 Å². The molecule has 1 fully saturated rings. The fourth-order valence-electron chi connectivity index (χ4n) is 2.64. The maximum absolute atomic E-state index is 13.1. The second-order valence-corrected chi connectivity index (χ2v) is 4.90. The summed E-state index contributed by atoms with van der Waals surface area (Å²) in [5.74, 6) is -1.10. The number of halogens is 2. The molecule has 1 aliphatic rings. The highest BCUT2D eigenvalue weighted by Gasteiger charge is 2.22. The molecular formula is C14H18F2O. The Kier molecular flexibility index (Phi) is 4.11. The molecule has 1 N–H and O–H groups in total.